The second-order valence-electron chi connectivity index (χ2n) is 6.79. The van der Waals surface area contributed by atoms with Crippen LogP contribution in [0.3, 0.4) is 0 Å². The van der Waals surface area contributed by atoms with Gasteiger partial charge in [0.25, 0.3) is 5.91 Å². The molecule has 29 heavy (non-hydrogen) atoms. The molecule has 1 aromatic carbocycles. The van der Waals surface area contributed by atoms with Crippen LogP contribution in [0.5, 0.6) is 0 Å². The number of ether oxygens (including phenoxy) is 2. The van der Waals surface area contributed by atoms with Crippen molar-refractivity contribution in [1.82, 2.24) is 9.78 Å². The number of nitrogens with one attached hydrogen (secondary N) is 1. The minimum absolute atomic E-state index is 0.0392. The lowest BCUT2D eigenvalue weighted by Gasteiger charge is -2.16. The maximum absolute atomic E-state index is 12.7. The van der Waals surface area contributed by atoms with Crippen molar-refractivity contribution in [3.63, 3.8) is 0 Å². The van der Waals surface area contributed by atoms with E-state index in [1.54, 1.807) is 23.0 Å². The molecule has 1 amide bonds. The van der Waals surface area contributed by atoms with E-state index in [1.807, 2.05) is 32.0 Å². The van der Waals surface area contributed by atoms with Crippen LogP contribution in [0.4, 0.5) is 5.82 Å². The summed E-state index contributed by atoms with van der Waals surface area (Å²) < 4.78 is 17.9. The van der Waals surface area contributed by atoms with Crippen LogP contribution >= 0.6 is 0 Å². The molecule has 0 spiro atoms. The van der Waals surface area contributed by atoms with Gasteiger partial charge in [-0.1, -0.05) is 25.1 Å². The smallest absolute Gasteiger partial charge is 0.375 e. The van der Waals surface area contributed by atoms with E-state index in [4.69, 9.17) is 13.9 Å². The first-order valence-corrected chi connectivity index (χ1v) is 9.50. The van der Waals surface area contributed by atoms with Crippen molar-refractivity contribution in [3.05, 3.63) is 47.9 Å². The Kier molecular flexibility index (Phi) is 6.33. The lowest BCUT2D eigenvalue weighted by molar-refractivity contribution is -0.123. The predicted octanol–water partition coefficient (Wildman–Crippen LogP) is 3.93. The lowest BCUT2D eigenvalue weighted by atomic mass is 10.1. The number of furan rings is 1. The van der Waals surface area contributed by atoms with Gasteiger partial charge in [-0.25, -0.2) is 9.48 Å². The molecular weight excluding hydrogens is 374 g/mol. The number of nitrogens with zero attached hydrogens (tertiary/aromatic N) is 2. The molecule has 0 bridgehead atoms. The normalized spacial score (nSPS) is 13.2. The molecule has 1 N–H and O–H groups in total. The predicted molar refractivity (Wildman–Crippen MR) is 108 cm³/mol. The second kappa shape index (κ2) is 8.91. The van der Waals surface area contributed by atoms with Crippen LogP contribution in [0.25, 0.3) is 11.0 Å². The van der Waals surface area contributed by atoms with Gasteiger partial charge in [0.15, 0.2) is 6.10 Å². The van der Waals surface area contributed by atoms with E-state index in [-0.39, 0.29) is 18.4 Å². The van der Waals surface area contributed by atoms with Gasteiger partial charge in [0.05, 0.1) is 18.8 Å². The zero-order valence-electron chi connectivity index (χ0n) is 17.0. The average molecular weight is 399 g/mol. The molecule has 0 unspecified atom stereocenters. The minimum Gasteiger partial charge on any atom is -0.449 e. The number of hydrogen-bond acceptors (Lipinski definition) is 6. The van der Waals surface area contributed by atoms with Gasteiger partial charge in [-0.05, 0) is 26.3 Å². The van der Waals surface area contributed by atoms with Gasteiger partial charge in [-0.2, -0.15) is 5.10 Å². The number of anilines is 1. The van der Waals surface area contributed by atoms with E-state index in [0.29, 0.717) is 17.0 Å². The average Bonchev–Trinajstić information content (AvgIpc) is 3.32. The highest BCUT2D eigenvalue weighted by molar-refractivity contribution is 5.99. The van der Waals surface area contributed by atoms with Crippen LogP contribution in [0.15, 0.2) is 40.9 Å². The largest absolute Gasteiger partial charge is 0.449 e. The molecule has 0 aliphatic carbocycles. The Balaban J connectivity index is 1.74. The highest BCUT2D eigenvalue weighted by atomic mass is 16.6. The van der Waals surface area contributed by atoms with E-state index in [2.05, 4.69) is 10.4 Å². The summed E-state index contributed by atoms with van der Waals surface area (Å²) in [4.78, 5) is 25.2. The monoisotopic (exact) mass is 399 g/mol. The fraction of sp³-hybridized carbons (Fsp3) is 0.381. The molecule has 0 fully saturated rings. The summed E-state index contributed by atoms with van der Waals surface area (Å²) in [5, 5.41) is 7.76. The molecule has 0 aliphatic heterocycles. The van der Waals surface area contributed by atoms with Crippen LogP contribution < -0.4 is 5.32 Å². The fourth-order valence-electron chi connectivity index (χ4n) is 2.98. The summed E-state index contributed by atoms with van der Waals surface area (Å²) in [5.41, 5.74) is 1.15. The van der Waals surface area contributed by atoms with Gasteiger partial charge in [0, 0.05) is 24.1 Å². The number of aromatic nitrogens is 2. The third-order valence-corrected chi connectivity index (χ3v) is 4.76. The van der Waals surface area contributed by atoms with Crippen LogP contribution in [0.1, 0.15) is 49.4 Å². The Labute approximate surface area is 168 Å². The Bertz CT molecular complexity index is 1010. The maximum Gasteiger partial charge on any atom is 0.375 e. The lowest BCUT2D eigenvalue weighted by Crippen LogP contribution is -2.31. The topological polar surface area (TPSA) is 95.6 Å². The van der Waals surface area contributed by atoms with Crippen molar-refractivity contribution in [2.24, 2.45) is 0 Å². The molecular formula is C21H25N3O5. The van der Waals surface area contributed by atoms with Crippen molar-refractivity contribution < 1.29 is 23.5 Å². The van der Waals surface area contributed by atoms with Gasteiger partial charge in [-0.15, -0.1) is 0 Å². The highest BCUT2D eigenvalue weighted by Gasteiger charge is 2.26. The molecule has 3 aromatic rings. The number of methoxy groups -OCH3 is 1. The third kappa shape index (κ3) is 4.32. The van der Waals surface area contributed by atoms with Gasteiger partial charge in [-0.3, -0.25) is 4.79 Å². The SMILES string of the molecule is CC[C@H](C)n1nccc1NC(=O)[C@@H](C)OC(=O)c1oc2ccccc2c1COC. The van der Waals surface area contributed by atoms with Crippen LogP contribution in [-0.4, -0.2) is 34.9 Å². The number of rotatable bonds is 8. The molecule has 2 atom stereocenters. The van der Waals surface area contributed by atoms with Crippen LogP contribution in [0.2, 0.25) is 0 Å². The summed E-state index contributed by atoms with van der Waals surface area (Å²) in [6.07, 6.45) is 1.46. The molecule has 0 saturated heterocycles. The summed E-state index contributed by atoms with van der Waals surface area (Å²) in [5.74, 6) is -0.576. The first kappa shape index (κ1) is 20.6. The van der Waals surface area contributed by atoms with Crippen LogP contribution in [-0.2, 0) is 20.9 Å². The zero-order valence-corrected chi connectivity index (χ0v) is 17.0. The first-order valence-electron chi connectivity index (χ1n) is 9.50. The Hall–Kier alpha value is -3.13. The Morgan fingerprint density at radius 1 is 1.24 bits per heavy atom. The molecule has 2 heterocycles. The van der Waals surface area contributed by atoms with E-state index in [9.17, 15) is 9.59 Å². The number of carbonyl (C=O) groups is 2. The molecule has 0 radical (unpaired) electrons. The van der Waals surface area contributed by atoms with E-state index in [1.165, 1.54) is 14.0 Å². The van der Waals surface area contributed by atoms with Gasteiger partial charge in [0.1, 0.15) is 11.4 Å². The number of carbonyl (C=O) groups excluding carboxylic acids is 2. The summed E-state index contributed by atoms with van der Waals surface area (Å²) >= 11 is 0. The van der Waals surface area contributed by atoms with Crippen molar-refractivity contribution >= 4 is 28.7 Å². The number of fused-ring (bicyclic) bond motifs is 1. The van der Waals surface area contributed by atoms with Crippen molar-refractivity contribution in [1.29, 1.82) is 0 Å². The van der Waals surface area contributed by atoms with E-state index < -0.39 is 18.0 Å². The molecule has 2 aromatic heterocycles. The second-order valence-corrected chi connectivity index (χ2v) is 6.79. The maximum atomic E-state index is 12.7. The van der Waals surface area contributed by atoms with Crippen LogP contribution in [0, 0.1) is 0 Å². The van der Waals surface area contributed by atoms with E-state index in [0.717, 1.165) is 11.8 Å². The van der Waals surface area contributed by atoms with E-state index >= 15 is 0 Å². The Morgan fingerprint density at radius 3 is 2.72 bits per heavy atom. The molecule has 0 aliphatic rings. The fourth-order valence-corrected chi connectivity index (χ4v) is 2.98. The quantitative estimate of drug-likeness (QED) is 0.577. The molecule has 8 nitrogen and oxygen atoms in total. The number of hydrogen-bond donors (Lipinski definition) is 1. The molecule has 8 heteroatoms. The molecule has 154 valence electrons. The number of amides is 1. The third-order valence-electron chi connectivity index (χ3n) is 4.76. The minimum atomic E-state index is -1.02. The zero-order chi connectivity index (χ0) is 21.0. The van der Waals surface area contributed by atoms with Crippen molar-refractivity contribution in [2.75, 3.05) is 12.4 Å². The number of para-hydroxylation sites is 1. The Morgan fingerprint density at radius 2 is 2.00 bits per heavy atom. The number of esters is 1. The summed E-state index contributed by atoms with van der Waals surface area (Å²) in [6, 6.07) is 9.10. The highest BCUT2D eigenvalue weighted by Crippen LogP contribution is 2.27. The van der Waals surface area contributed by atoms with Crippen molar-refractivity contribution in [3.8, 4) is 0 Å². The van der Waals surface area contributed by atoms with Crippen molar-refractivity contribution in [2.45, 2.75) is 45.9 Å². The van der Waals surface area contributed by atoms with Gasteiger partial charge >= 0.3 is 5.97 Å². The molecule has 0 saturated carbocycles. The summed E-state index contributed by atoms with van der Waals surface area (Å²) in [6.45, 7) is 5.74. The van der Waals surface area contributed by atoms with Gasteiger partial charge in [0.2, 0.25) is 5.76 Å². The molecule has 3 rings (SSSR count). The number of benzene rings is 1. The summed E-state index contributed by atoms with van der Waals surface area (Å²) in [7, 11) is 1.54. The first-order chi connectivity index (χ1) is 14.0. The standard InChI is InChI=1S/C21H25N3O5/c1-5-13(2)24-18(10-11-22-24)23-20(25)14(3)28-21(26)19-16(12-27-4)15-8-6-7-9-17(15)29-19/h6-11,13-14H,5,12H2,1-4H3,(H,23,25)/t13-,14+/m0/s1. The van der Waals surface area contributed by atoms with Gasteiger partial charge < -0.3 is 19.2 Å².